The standard InChI is InChI=1S/C18H16BrN3O3/c1-11(13-3-4-16(24-2)14(19)9-13)21-18(23)15-10-17(25-22-15)12-5-7-20-8-6-12/h3-11H,1-2H3,(H,21,23). The molecule has 0 saturated heterocycles. The number of benzene rings is 1. The van der Waals surface area contributed by atoms with Gasteiger partial charge in [0.25, 0.3) is 5.91 Å². The molecule has 25 heavy (non-hydrogen) atoms. The van der Waals surface area contributed by atoms with Gasteiger partial charge in [-0.25, -0.2) is 0 Å². The van der Waals surface area contributed by atoms with E-state index in [4.69, 9.17) is 9.26 Å². The van der Waals surface area contributed by atoms with Gasteiger partial charge >= 0.3 is 0 Å². The van der Waals surface area contributed by atoms with Gasteiger partial charge in [0.05, 0.1) is 17.6 Å². The van der Waals surface area contributed by atoms with E-state index in [9.17, 15) is 4.79 Å². The van der Waals surface area contributed by atoms with Crippen LogP contribution in [0.5, 0.6) is 5.75 Å². The van der Waals surface area contributed by atoms with Crippen LogP contribution in [0, 0.1) is 0 Å². The highest BCUT2D eigenvalue weighted by atomic mass is 79.9. The molecule has 3 rings (SSSR count). The Kier molecular flexibility index (Phi) is 5.14. The Balaban J connectivity index is 1.72. The summed E-state index contributed by atoms with van der Waals surface area (Å²) in [4.78, 5) is 16.3. The van der Waals surface area contributed by atoms with E-state index in [-0.39, 0.29) is 17.6 Å². The van der Waals surface area contributed by atoms with Gasteiger partial charge in [-0.1, -0.05) is 11.2 Å². The van der Waals surface area contributed by atoms with E-state index in [2.05, 4.69) is 31.4 Å². The minimum atomic E-state index is -0.302. The summed E-state index contributed by atoms with van der Waals surface area (Å²) in [6.07, 6.45) is 3.31. The molecule has 0 fully saturated rings. The van der Waals surface area contributed by atoms with Crippen molar-refractivity contribution in [3.8, 4) is 17.1 Å². The van der Waals surface area contributed by atoms with E-state index < -0.39 is 0 Å². The summed E-state index contributed by atoms with van der Waals surface area (Å²) in [6, 6.07) is 10.7. The van der Waals surface area contributed by atoms with Crippen LogP contribution >= 0.6 is 15.9 Å². The van der Waals surface area contributed by atoms with Crippen molar-refractivity contribution < 1.29 is 14.1 Å². The highest BCUT2D eigenvalue weighted by Crippen LogP contribution is 2.28. The fourth-order valence-corrected chi connectivity index (χ4v) is 2.90. The molecule has 7 heteroatoms. The van der Waals surface area contributed by atoms with Crippen LogP contribution < -0.4 is 10.1 Å². The first-order valence-electron chi connectivity index (χ1n) is 7.60. The summed E-state index contributed by atoms with van der Waals surface area (Å²) in [7, 11) is 1.61. The molecule has 6 nitrogen and oxygen atoms in total. The highest BCUT2D eigenvalue weighted by Gasteiger charge is 2.17. The van der Waals surface area contributed by atoms with E-state index in [1.54, 1.807) is 37.7 Å². The zero-order chi connectivity index (χ0) is 17.8. The molecule has 2 aromatic heterocycles. The molecule has 0 spiro atoms. The zero-order valence-corrected chi connectivity index (χ0v) is 15.3. The van der Waals surface area contributed by atoms with Crippen LogP contribution in [0.25, 0.3) is 11.3 Å². The number of ether oxygens (including phenoxy) is 1. The average Bonchev–Trinajstić information content (AvgIpc) is 3.12. The van der Waals surface area contributed by atoms with E-state index in [0.717, 1.165) is 21.3 Å². The van der Waals surface area contributed by atoms with E-state index in [0.29, 0.717) is 5.76 Å². The summed E-state index contributed by atoms with van der Waals surface area (Å²) in [5.41, 5.74) is 1.99. The van der Waals surface area contributed by atoms with E-state index >= 15 is 0 Å². The first kappa shape index (κ1) is 17.2. The molecule has 1 aromatic carbocycles. The maximum absolute atomic E-state index is 12.4. The average molecular weight is 402 g/mol. The van der Waals surface area contributed by atoms with Crippen LogP contribution in [0.15, 0.2) is 57.8 Å². The number of aromatic nitrogens is 2. The number of methoxy groups -OCH3 is 1. The zero-order valence-electron chi connectivity index (χ0n) is 13.7. The number of pyridine rings is 1. The van der Waals surface area contributed by atoms with Gasteiger partial charge in [-0.2, -0.15) is 0 Å². The van der Waals surface area contributed by atoms with Crippen molar-refractivity contribution in [2.45, 2.75) is 13.0 Å². The van der Waals surface area contributed by atoms with Gasteiger partial charge in [-0.05, 0) is 52.7 Å². The second kappa shape index (κ2) is 7.48. The fraction of sp³-hybridized carbons (Fsp3) is 0.167. The Morgan fingerprint density at radius 2 is 2.00 bits per heavy atom. The topological polar surface area (TPSA) is 77.2 Å². The van der Waals surface area contributed by atoms with Crippen molar-refractivity contribution in [1.82, 2.24) is 15.5 Å². The first-order valence-corrected chi connectivity index (χ1v) is 8.39. The van der Waals surface area contributed by atoms with E-state index in [1.165, 1.54) is 0 Å². The molecule has 0 saturated carbocycles. The second-order valence-corrected chi connectivity index (χ2v) is 6.26. The van der Waals surface area contributed by atoms with E-state index in [1.807, 2.05) is 25.1 Å². The Morgan fingerprint density at radius 1 is 1.24 bits per heavy atom. The quantitative estimate of drug-likeness (QED) is 0.698. The lowest BCUT2D eigenvalue weighted by atomic mass is 10.1. The molecule has 0 aliphatic carbocycles. The summed E-state index contributed by atoms with van der Waals surface area (Å²) < 4.78 is 11.3. The lowest BCUT2D eigenvalue weighted by Crippen LogP contribution is -2.26. The fourth-order valence-electron chi connectivity index (χ4n) is 2.34. The number of carbonyl (C=O) groups is 1. The minimum Gasteiger partial charge on any atom is -0.496 e. The van der Waals surface area contributed by atoms with Crippen molar-refractivity contribution in [2.24, 2.45) is 0 Å². The molecule has 128 valence electrons. The molecular formula is C18H16BrN3O3. The lowest BCUT2D eigenvalue weighted by Gasteiger charge is -2.14. The normalized spacial score (nSPS) is 11.8. The van der Waals surface area contributed by atoms with Crippen LogP contribution in [-0.2, 0) is 0 Å². The molecule has 0 radical (unpaired) electrons. The number of hydrogen-bond donors (Lipinski definition) is 1. The largest absolute Gasteiger partial charge is 0.496 e. The van der Waals surface area contributed by atoms with Gasteiger partial charge in [0.1, 0.15) is 5.75 Å². The third kappa shape index (κ3) is 3.88. The van der Waals surface area contributed by atoms with Gasteiger partial charge in [0, 0.05) is 24.0 Å². The van der Waals surface area contributed by atoms with Crippen molar-refractivity contribution >= 4 is 21.8 Å². The van der Waals surface area contributed by atoms with Gasteiger partial charge in [-0.15, -0.1) is 0 Å². The Morgan fingerprint density at radius 3 is 2.68 bits per heavy atom. The molecule has 0 aliphatic rings. The van der Waals surface area contributed by atoms with Crippen LogP contribution in [0.2, 0.25) is 0 Å². The number of nitrogens with one attached hydrogen (secondary N) is 1. The van der Waals surface area contributed by atoms with Crippen LogP contribution in [-0.4, -0.2) is 23.2 Å². The smallest absolute Gasteiger partial charge is 0.273 e. The summed E-state index contributed by atoms with van der Waals surface area (Å²) in [5.74, 6) is 0.955. The van der Waals surface area contributed by atoms with Gasteiger partial charge < -0.3 is 14.6 Å². The molecule has 0 bridgehead atoms. The monoisotopic (exact) mass is 401 g/mol. The van der Waals surface area contributed by atoms with Crippen LogP contribution in [0.3, 0.4) is 0 Å². The summed E-state index contributed by atoms with van der Waals surface area (Å²) in [6.45, 7) is 1.90. The molecule has 1 N–H and O–H groups in total. The third-order valence-corrected chi connectivity index (χ3v) is 4.35. The van der Waals surface area contributed by atoms with Gasteiger partial charge in [0.2, 0.25) is 0 Å². The molecule has 1 atom stereocenters. The molecule has 1 unspecified atom stereocenters. The molecule has 1 amide bonds. The summed E-state index contributed by atoms with van der Waals surface area (Å²) in [5, 5.41) is 6.75. The second-order valence-electron chi connectivity index (χ2n) is 5.40. The Hall–Kier alpha value is -2.67. The number of amides is 1. The van der Waals surface area contributed by atoms with Crippen molar-refractivity contribution in [1.29, 1.82) is 0 Å². The molecule has 3 aromatic rings. The first-order chi connectivity index (χ1) is 12.1. The Labute approximate surface area is 153 Å². The van der Waals surface area contributed by atoms with Crippen molar-refractivity contribution in [3.05, 3.63) is 64.5 Å². The number of hydrogen-bond acceptors (Lipinski definition) is 5. The number of halogens is 1. The predicted molar refractivity (Wildman–Crippen MR) is 96.3 cm³/mol. The number of rotatable bonds is 5. The maximum Gasteiger partial charge on any atom is 0.273 e. The number of carbonyl (C=O) groups excluding carboxylic acids is 1. The molecule has 2 heterocycles. The van der Waals surface area contributed by atoms with Crippen LogP contribution in [0.1, 0.15) is 29.0 Å². The number of nitrogens with zero attached hydrogens (tertiary/aromatic N) is 2. The Bertz CT molecular complexity index is 880. The molecular weight excluding hydrogens is 386 g/mol. The SMILES string of the molecule is COc1ccc(C(C)NC(=O)c2cc(-c3ccncc3)on2)cc1Br. The van der Waals surface area contributed by atoms with Crippen molar-refractivity contribution in [3.63, 3.8) is 0 Å². The lowest BCUT2D eigenvalue weighted by molar-refractivity contribution is 0.0931. The van der Waals surface area contributed by atoms with Gasteiger partial charge in [-0.3, -0.25) is 9.78 Å². The van der Waals surface area contributed by atoms with Gasteiger partial charge in [0.15, 0.2) is 11.5 Å². The summed E-state index contributed by atoms with van der Waals surface area (Å²) >= 11 is 3.45. The van der Waals surface area contributed by atoms with Crippen molar-refractivity contribution in [2.75, 3.05) is 7.11 Å². The highest BCUT2D eigenvalue weighted by molar-refractivity contribution is 9.10. The minimum absolute atomic E-state index is 0.198. The molecule has 0 aliphatic heterocycles. The van der Waals surface area contributed by atoms with Crippen LogP contribution in [0.4, 0.5) is 0 Å². The third-order valence-electron chi connectivity index (χ3n) is 3.73. The maximum atomic E-state index is 12.4. The predicted octanol–water partition coefficient (Wildman–Crippen LogP) is 4.00.